The van der Waals surface area contributed by atoms with Gasteiger partial charge in [-0.1, -0.05) is 26.0 Å². The Hall–Kier alpha value is -3.18. The minimum atomic E-state index is -1.29. The van der Waals surface area contributed by atoms with Crippen LogP contribution in [0.2, 0.25) is 0 Å². The molecule has 188 valence electrons. The average molecular weight is 479 g/mol. The first-order valence-electron chi connectivity index (χ1n) is 11.3. The molecule has 0 bridgehead atoms. The van der Waals surface area contributed by atoms with Crippen LogP contribution >= 0.6 is 0 Å². The molecular weight excluding hydrogens is 444 g/mol. The minimum Gasteiger partial charge on any atom is -0.508 e. The van der Waals surface area contributed by atoms with E-state index >= 15 is 0 Å². The van der Waals surface area contributed by atoms with Gasteiger partial charge in [0.25, 0.3) is 0 Å². The van der Waals surface area contributed by atoms with Crippen LogP contribution in [0.25, 0.3) is 0 Å². The summed E-state index contributed by atoms with van der Waals surface area (Å²) >= 11 is 0. The number of aliphatic hydroxyl groups excluding tert-OH is 1. The maximum atomic E-state index is 13.2. The number of phenols is 1. The SMILES string of the molecule is CC(C)C(N)C(=O)NC(C(=O)N1CCCC1C(=O)NC(Cc1ccc(O)cc1)C(=O)O)C(C)O. The lowest BCUT2D eigenvalue weighted by Gasteiger charge is -2.31. The lowest BCUT2D eigenvalue weighted by Crippen LogP contribution is -2.60. The summed E-state index contributed by atoms with van der Waals surface area (Å²) in [5.41, 5.74) is 6.44. The Morgan fingerprint density at radius 1 is 1.12 bits per heavy atom. The number of aliphatic carboxylic acids is 1. The van der Waals surface area contributed by atoms with Gasteiger partial charge in [-0.3, -0.25) is 14.4 Å². The fraction of sp³-hybridized carbons (Fsp3) is 0.565. The molecule has 7 N–H and O–H groups in total. The largest absolute Gasteiger partial charge is 0.508 e. The number of carboxylic acids is 1. The van der Waals surface area contributed by atoms with E-state index < -0.39 is 54.0 Å². The highest BCUT2D eigenvalue weighted by molar-refractivity contribution is 5.94. The normalized spacial score (nSPS) is 19.2. The summed E-state index contributed by atoms with van der Waals surface area (Å²) < 4.78 is 0. The quantitative estimate of drug-likeness (QED) is 0.256. The molecule has 1 fully saturated rings. The van der Waals surface area contributed by atoms with Crippen molar-refractivity contribution in [3.05, 3.63) is 29.8 Å². The molecule has 0 aromatic heterocycles. The fourth-order valence-corrected chi connectivity index (χ4v) is 3.76. The Bertz CT molecular complexity index is 888. The zero-order valence-corrected chi connectivity index (χ0v) is 19.6. The van der Waals surface area contributed by atoms with Gasteiger partial charge in [-0.15, -0.1) is 0 Å². The molecule has 0 saturated carbocycles. The molecule has 1 aliphatic rings. The molecule has 3 amide bonds. The molecule has 1 heterocycles. The summed E-state index contributed by atoms with van der Waals surface area (Å²) in [6.45, 7) is 5.08. The standard InChI is InChI=1S/C23H34N4O7/c1-12(2)18(24)21(31)26-19(13(3)28)22(32)27-10-4-5-17(27)20(30)25-16(23(33)34)11-14-6-8-15(29)9-7-14/h6-9,12-13,16-19,28-29H,4-5,10-11,24H2,1-3H3,(H,25,30)(H,26,31)(H,33,34). The van der Waals surface area contributed by atoms with Crippen LogP contribution in [0.5, 0.6) is 5.75 Å². The lowest BCUT2D eigenvalue weighted by atomic mass is 10.0. The van der Waals surface area contributed by atoms with Gasteiger partial charge in [0, 0.05) is 13.0 Å². The number of carbonyl (C=O) groups is 4. The molecule has 5 atom stereocenters. The number of nitrogens with two attached hydrogens (primary N) is 1. The van der Waals surface area contributed by atoms with Crippen molar-refractivity contribution in [2.45, 2.75) is 70.3 Å². The van der Waals surface area contributed by atoms with E-state index in [4.69, 9.17) is 5.73 Å². The Morgan fingerprint density at radius 3 is 2.26 bits per heavy atom. The molecule has 5 unspecified atom stereocenters. The van der Waals surface area contributed by atoms with Crippen LogP contribution < -0.4 is 16.4 Å². The van der Waals surface area contributed by atoms with Crippen molar-refractivity contribution in [2.24, 2.45) is 11.7 Å². The third kappa shape index (κ3) is 6.91. The van der Waals surface area contributed by atoms with Crippen molar-refractivity contribution in [1.29, 1.82) is 0 Å². The average Bonchev–Trinajstić information content (AvgIpc) is 3.27. The Balaban J connectivity index is 2.12. The van der Waals surface area contributed by atoms with Gasteiger partial charge in [-0.25, -0.2) is 4.79 Å². The van der Waals surface area contributed by atoms with Gasteiger partial charge in [-0.2, -0.15) is 0 Å². The molecule has 1 saturated heterocycles. The highest BCUT2D eigenvalue weighted by Crippen LogP contribution is 2.20. The van der Waals surface area contributed by atoms with Crippen molar-refractivity contribution >= 4 is 23.7 Å². The van der Waals surface area contributed by atoms with E-state index in [-0.39, 0.29) is 24.6 Å². The van der Waals surface area contributed by atoms with Gasteiger partial charge in [0.05, 0.1) is 12.1 Å². The van der Waals surface area contributed by atoms with Crippen LogP contribution in [0.3, 0.4) is 0 Å². The molecule has 0 spiro atoms. The van der Waals surface area contributed by atoms with E-state index in [1.807, 2.05) is 0 Å². The number of nitrogens with zero attached hydrogens (tertiary/aromatic N) is 1. The first kappa shape index (κ1) is 27.1. The Kier molecular flexibility index (Phi) is 9.39. The minimum absolute atomic E-state index is 0.0124. The number of hydrogen-bond acceptors (Lipinski definition) is 7. The van der Waals surface area contributed by atoms with Gasteiger partial charge >= 0.3 is 5.97 Å². The smallest absolute Gasteiger partial charge is 0.326 e. The summed E-state index contributed by atoms with van der Waals surface area (Å²) in [6, 6.07) is 1.60. The van der Waals surface area contributed by atoms with E-state index in [2.05, 4.69) is 10.6 Å². The molecule has 1 aromatic rings. The molecule has 34 heavy (non-hydrogen) atoms. The van der Waals surface area contributed by atoms with Gasteiger partial charge in [0.2, 0.25) is 17.7 Å². The number of aliphatic hydroxyl groups is 1. The maximum Gasteiger partial charge on any atom is 0.326 e. The lowest BCUT2D eigenvalue weighted by molar-refractivity contribution is -0.146. The third-order valence-corrected chi connectivity index (χ3v) is 5.90. The third-order valence-electron chi connectivity index (χ3n) is 5.90. The highest BCUT2D eigenvalue weighted by atomic mass is 16.4. The van der Waals surface area contributed by atoms with Crippen LogP contribution in [0.4, 0.5) is 0 Å². The van der Waals surface area contributed by atoms with Crippen LogP contribution in [0.15, 0.2) is 24.3 Å². The predicted octanol–water partition coefficient (Wildman–Crippen LogP) is -0.656. The van der Waals surface area contributed by atoms with Crippen LogP contribution in [-0.4, -0.2) is 80.7 Å². The first-order chi connectivity index (χ1) is 15.9. The van der Waals surface area contributed by atoms with Gasteiger partial charge < -0.3 is 36.6 Å². The maximum absolute atomic E-state index is 13.2. The number of rotatable bonds is 10. The Morgan fingerprint density at radius 2 is 1.74 bits per heavy atom. The van der Waals surface area contributed by atoms with Gasteiger partial charge in [0.1, 0.15) is 23.9 Å². The number of benzene rings is 1. The number of amides is 3. The zero-order valence-electron chi connectivity index (χ0n) is 19.6. The second-order valence-electron chi connectivity index (χ2n) is 8.96. The van der Waals surface area contributed by atoms with Crippen molar-refractivity contribution in [1.82, 2.24) is 15.5 Å². The number of carboxylic acid groups (broad SMARTS) is 1. The van der Waals surface area contributed by atoms with Crippen LogP contribution in [0.1, 0.15) is 39.2 Å². The van der Waals surface area contributed by atoms with Crippen molar-refractivity contribution in [3.8, 4) is 5.75 Å². The molecule has 11 heteroatoms. The predicted molar refractivity (Wildman–Crippen MR) is 123 cm³/mol. The second kappa shape index (κ2) is 11.8. The van der Waals surface area contributed by atoms with Crippen molar-refractivity contribution < 1.29 is 34.5 Å². The van der Waals surface area contributed by atoms with E-state index in [0.29, 0.717) is 18.4 Å². The second-order valence-corrected chi connectivity index (χ2v) is 8.96. The van der Waals surface area contributed by atoms with Gasteiger partial charge in [0.15, 0.2) is 0 Å². The summed E-state index contributed by atoms with van der Waals surface area (Å²) in [5, 5.41) is 34.1. The van der Waals surface area contributed by atoms with E-state index in [9.17, 15) is 34.5 Å². The number of aromatic hydroxyl groups is 1. The molecular formula is C23H34N4O7. The number of nitrogens with one attached hydrogen (secondary N) is 2. The summed E-state index contributed by atoms with van der Waals surface area (Å²) in [4.78, 5) is 51.5. The highest BCUT2D eigenvalue weighted by Gasteiger charge is 2.40. The monoisotopic (exact) mass is 478 g/mol. The number of phenolic OH excluding ortho intramolecular Hbond substituents is 1. The summed E-state index contributed by atoms with van der Waals surface area (Å²) in [6.07, 6.45) is -0.427. The molecule has 0 aliphatic carbocycles. The number of carbonyl (C=O) groups excluding carboxylic acids is 3. The molecule has 0 radical (unpaired) electrons. The van der Waals surface area contributed by atoms with Crippen LogP contribution in [0, 0.1) is 5.92 Å². The summed E-state index contributed by atoms with van der Waals surface area (Å²) in [5.74, 6) is -3.25. The first-order valence-corrected chi connectivity index (χ1v) is 11.3. The summed E-state index contributed by atoms with van der Waals surface area (Å²) in [7, 11) is 0. The van der Waals surface area contributed by atoms with Crippen molar-refractivity contribution in [2.75, 3.05) is 6.54 Å². The van der Waals surface area contributed by atoms with E-state index in [1.165, 1.54) is 24.0 Å². The Labute approximate surface area is 198 Å². The molecule has 11 nitrogen and oxygen atoms in total. The van der Waals surface area contributed by atoms with E-state index in [1.54, 1.807) is 26.0 Å². The van der Waals surface area contributed by atoms with E-state index in [0.717, 1.165) is 0 Å². The molecule has 1 aliphatic heterocycles. The molecule has 1 aromatic carbocycles. The topological polar surface area (TPSA) is 182 Å². The number of hydrogen-bond donors (Lipinski definition) is 6. The zero-order chi connectivity index (χ0) is 25.6. The number of likely N-dealkylation sites (tertiary alicyclic amines) is 1. The molecule has 2 rings (SSSR count). The van der Waals surface area contributed by atoms with Gasteiger partial charge in [-0.05, 0) is 43.4 Å². The fourth-order valence-electron chi connectivity index (χ4n) is 3.76. The van der Waals surface area contributed by atoms with Crippen LogP contribution in [-0.2, 0) is 25.6 Å². The van der Waals surface area contributed by atoms with Crippen molar-refractivity contribution in [3.63, 3.8) is 0 Å².